The lowest BCUT2D eigenvalue weighted by Crippen LogP contribution is -2.34. The summed E-state index contributed by atoms with van der Waals surface area (Å²) in [5.41, 5.74) is 4.21. The number of anilines is 2. The number of hydrogen-bond acceptors (Lipinski definition) is 10. The summed E-state index contributed by atoms with van der Waals surface area (Å²) >= 11 is 0.839. The SMILES string of the molecule is CC(Sc1nc(N)c(C#N)c(-c2c(=O)o[nH][n+]2C)c1C#N)C(=O)Nc1ccc(O)c(C(=O)O)c1. The lowest BCUT2D eigenvalue weighted by atomic mass is 10.0. The van der Waals surface area contributed by atoms with Crippen molar-refractivity contribution in [1.82, 2.24) is 10.3 Å². The molecule has 0 aliphatic rings. The van der Waals surface area contributed by atoms with E-state index in [4.69, 9.17) is 15.4 Å². The molecule has 2 aromatic heterocycles. The Bertz CT molecular complexity index is 1460. The second kappa shape index (κ2) is 9.35. The number of H-pyrrole nitrogens is 1. The topological polar surface area (TPSA) is 223 Å². The number of nitrogens with one attached hydrogen (secondary N) is 2. The number of carbonyl (C=O) groups is 2. The van der Waals surface area contributed by atoms with Gasteiger partial charge in [-0.2, -0.15) is 10.5 Å². The highest BCUT2D eigenvalue weighted by Crippen LogP contribution is 2.35. The van der Waals surface area contributed by atoms with Gasteiger partial charge < -0.3 is 21.3 Å². The molecule has 13 nitrogen and oxygen atoms in total. The van der Waals surface area contributed by atoms with Crippen LogP contribution in [0.15, 0.2) is 32.5 Å². The predicted molar refractivity (Wildman–Crippen MR) is 117 cm³/mol. The minimum Gasteiger partial charge on any atom is -0.507 e. The quantitative estimate of drug-likeness (QED) is 0.187. The normalized spacial score (nSPS) is 11.3. The number of aromatic carboxylic acids is 1. The summed E-state index contributed by atoms with van der Waals surface area (Å²) < 4.78 is 5.90. The first kappa shape index (κ1) is 23.8. The molecule has 0 saturated carbocycles. The first-order chi connectivity index (χ1) is 16.1. The van der Waals surface area contributed by atoms with Crippen LogP contribution >= 0.6 is 11.8 Å². The number of pyridine rings is 1. The van der Waals surface area contributed by atoms with Gasteiger partial charge in [-0.05, 0) is 30.4 Å². The third kappa shape index (κ3) is 4.38. The number of aromatic amines is 1. The second-order valence-corrected chi connectivity index (χ2v) is 8.16. The largest absolute Gasteiger partial charge is 0.507 e. The van der Waals surface area contributed by atoms with Crippen molar-refractivity contribution in [2.45, 2.75) is 17.2 Å². The van der Waals surface area contributed by atoms with E-state index >= 15 is 0 Å². The molecule has 2 heterocycles. The molecule has 0 saturated heterocycles. The van der Waals surface area contributed by atoms with Crippen LogP contribution in [-0.4, -0.2) is 37.6 Å². The van der Waals surface area contributed by atoms with E-state index in [0.29, 0.717) is 0 Å². The Morgan fingerprint density at radius 1 is 1.32 bits per heavy atom. The Morgan fingerprint density at radius 2 is 2.00 bits per heavy atom. The fourth-order valence-corrected chi connectivity index (χ4v) is 3.90. The van der Waals surface area contributed by atoms with Gasteiger partial charge >= 0.3 is 17.3 Å². The molecule has 0 spiro atoms. The van der Waals surface area contributed by atoms with Gasteiger partial charge in [-0.3, -0.25) is 9.32 Å². The van der Waals surface area contributed by atoms with Crippen LogP contribution in [0, 0.1) is 22.7 Å². The standard InChI is InChI=1S/C20H15N7O6S/c1-8(17(29)24-9-3-4-13(28)10(5-9)19(30)31)34-18-12(7-22)14(11(6-21)16(23)25-18)15-20(32)33-26-27(15)2/h3-5,8,21,26H,1-2H3,(H3,23,25,30,31,32)/p+1. The fourth-order valence-electron chi connectivity index (χ4n) is 2.98. The summed E-state index contributed by atoms with van der Waals surface area (Å²) in [6.45, 7) is 1.50. The van der Waals surface area contributed by atoms with E-state index in [-0.39, 0.29) is 38.9 Å². The number of nitrogens with two attached hydrogens (primary N) is 1. The number of phenols is 1. The Hall–Kier alpha value is -4.82. The van der Waals surface area contributed by atoms with E-state index in [0.717, 1.165) is 23.9 Å². The van der Waals surface area contributed by atoms with E-state index in [1.807, 2.05) is 12.1 Å². The Kier molecular flexibility index (Phi) is 6.56. The summed E-state index contributed by atoms with van der Waals surface area (Å²) in [6.07, 6.45) is 0. The molecule has 3 aromatic rings. The predicted octanol–water partition coefficient (Wildman–Crippen LogP) is 0.703. The molecular formula is C20H16N7O6S+. The van der Waals surface area contributed by atoms with Crippen LogP contribution in [0.5, 0.6) is 5.75 Å². The van der Waals surface area contributed by atoms with Gasteiger partial charge in [0.15, 0.2) is 7.05 Å². The van der Waals surface area contributed by atoms with E-state index in [1.165, 1.54) is 24.7 Å². The molecule has 0 fully saturated rings. The van der Waals surface area contributed by atoms with Crippen molar-refractivity contribution in [3.63, 3.8) is 0 Å². The van der Waals surface area contributed by atoms with Crippen LogP contribution < -0.4 is 21.4 Å². The van der Waals surface area contributed by atoms with Gasteiger partial charge in [0.05, 0.1) is 10.8 Å². The number of nitrogen functional groups attached to an aromatic ring is 1. The molecule has 34 heavy (non-hydrogen) atoms. The van der Waals surface area contributed by atoms with Gasteiger partial charge in [0, 0.05) is 5.69 Å². The first-order valence-corrected chi connectivity index (χ1v) is 10.2. The fraction of sp³-hybridized carbons (Fsp3) is 0.150. The number of aromatic nitrogens is 3. The summed E-state index contributed by atoms with van der Waals surface area (Å²) in [6, 6.07) is 7.28. The third-order valence-corrected chi connectivity index (χ3v) is 5.69. The molecule has 1 aromatic carbocycles. The number of nitrogens with zero attached hydrogens (tertiary/aromatic N) is 4. The number of thioether (sulfide) groups is 1. The van der Waals surface area contributed by atoms with Gasteiger partial charge in [0.25, 0.3) is 0 Å². The van der Waals surface area contributed by atoms with E-state index in [9.17, 15) is 30.0 Å². The number of amides is 1. The maximum atomic E-state index is 12.7. The van der Waals surface area contributed by atoms with Crippen molar-refractivity contribution in [2.75, 3.05) is 11.1 Å². The van der Waals surface area contributed by atoms with Gasteiger partial charge in [-0.1, -0.05) is 16.4 Å². The number of carbonyl (C=O) groups excluding carboxylic acids is 1. The minimum atomic E-state index is -1.37. The van der Waals surface area contributed by atoms with Crippen molar-refractivity contribution in [3.8, 4) is 29.1 Å². The molecule has 1 amide bonds. The number of carboxylic acids is 1. The number of carboxylic acid groups (broad SMARTS) is 1. The van der Waals surface area contributed by atoms with Crippen molar-refractivity contribution in [1.29, 1.82) is 10.5 Å². The smallest absolute Gasteiger partial charge is 0.435 e. The van der Waals surface area contributed by atoms with Crippen molar-refractivity contribution in [2.24, 2.45) is 7.05 Å². The molecule has 1 unspecified atom stereocenters. The van der Waals surface area contributed by atoms with Crippen molar-refractivity contribution < 1.29 is 29.0 Å². The lowest BCUT2D eigenvalue weighted by Gasteiger charge is -2.14. The van der Waals surface area contributed by atoms with E-state index in [1.54, 1.807) is 0 Å². The maximum absolute atomic E-state index is 12.7. The van der Waals surface area contributed by atoms with Gasteiger partial charge in [-0.15, -0.1) is 0 Å². The number of hydrogen-bond donors (Lipinski definition) is 5. The third-order valence-electron chi connectivity index (χ3n) is 4.61. The Morgan fingerprint density at radius 3 is 2.56 bits per heavy atom. The molecule has 172 valence electrons. The van der Waals surface area contributed by atoms with Gasteiger partial charge in [-0.25, -0.2) is 14.6 Å². The summed E-state index contributed by atoms with van der Waals surface area (Å²) in [5, 5.41) is 42.0. The minimum absolute atomic E-state index is 0.00539. The summed E-state index contributed by atoms with van der Waals surface area (Å²) in [5.74, 6) is -2.66. The number of rotatable bonds is 6. The van der Waals surface area contributed by atoms with Crippen LogP contribution in [0.2, 0.25) is 0 Å². The zero-order valence-electron chi connectivity index (χ0n) is 17.6. The highest BCUT2D eigenvalue weighted by Gasteiger charge is 2.32. The average Bonchev–Trinajstić information content (AvgIpc) is 3.11. The zero-order chi connectivity index (χ0) is 25.2. The van der Waals surface area contributed by atoms with E-state index in [2.05, 4.69) is 15.6 Å². The lowest BCUT2D eigenvalue weighted by molar-refractivity contribution is -0.730. The molecule has 3 rings (SSSR count). The zero-order valence-corrected chi connectivity index (χ0v) is 18.4. The van der Waals surface area contributed by atoms with Gasteiger partial charge in [0.1, 0.15) is 45.4 Å². The van der Waals surface area contributed by atoms with Gasteiger partial charge in [0.2, 0.25) is 5.91 Å². The maximum Gasteiger partial charge on any atom is 0.435 e. The number of benzene rings is 1. The van der Waals surface area contributed by atoms with Crippen LogP contribution in [0.1, 0.15) is 28.4 Å². The van der Waals surface area contributed by atoms with Crippen molar-refractivity contribution in [3.05, 3.63) is 45.3 Å². The van der Waals surface area contributed by atoms with Crippen LogP contribution in [0.4, 0.5) is 11.5 Å². The Labute approximate surface area is 195 Å². The summed E-state index contributed by atoms with van der Waals surface area (Å²) in [4.78, 5) is 40.2. The molecule has 0 aliphatic heterocycles. The van der Waals surface area contributed by atoms with Crippen LogP contribution in [-0.2, 0) is 11.8 Å². The Balaban J connectivity index is 1.99. The van der Waals surface area contributed by atoms with E-state index < -0.39 is 34.1 Å². The highest BCUT2D eigenvalue weighted by molar-refractivity contribution is 8.00. The monoisotopic (exact) mass is 482 g/mol. The molecule has 0 aliphatic carbocycles. The molecular weight excluding hydrogens is 466 g/mol. The highest BCUT2D eigenvalue weighted by atomic mass is 32.2. The molecule has 0 radical (unpaired) electrons. The molecule has 6 N–H and O–H groups in total. The van der Waals surface area contributed by atoms with Crippen LogP contribution in [0.3, 0.4) is 0 Å². The van der Waals surface area contributed by atoms with Crippen molar-refractivity contribution >= 4 is 35.1 Å². The molecule has 0 bridgehead atoms. The number of aryl methyl sites for hydroxylation is 1. The second-order valence-electron chi connectivity index (χ2n) is 6.83. The number of nitriles is 2. The first-order valence-electron chi connectivity index (χ1n) is 9.34. The molecule has 14 heteroatoms. The average molecular weight is 482 g/mol. The summed E-state index contributed by atoms with van der Waals surface area (Å²) in [7, 11) is 1.44. The van der Waals surface area contributed by atoms with Crippen LogP contribution in [0.25, 0.3) is 11.3 Å². The molecule has 1 atom stereocenters. The number of aromatic hydroxyl groups is 1.